The molecule has 0 aromatic heterocycles. The molecule has 2 N–H and O–H groups in total. The minimum atomic E-state index is -2.93. The molecule has 1 aliphatic rings. The first kappa shape index (κ1) is 12.6. The lowest BCUT2D eigenvalue weighted by Gasteiger charge is -2.10. The molecule has 0 aromatic carbocycles. The van der Waals surface area contributed by atoms with Gasteiger partial charge in [0.2, 0.25) is 0 Å². The largest absolute Gasteiger partial charge is 0.329 e. The van der Waals surface area contributed by atoms with Crippen LogP contribution in [0.5, 0.6) is 0 Å². The van der Waals surface area contributed by atoms with E-state index < -0.39 is 9.84 Å². The minimum absolute atomic E-state index is 0.121. The van der Waals surface area contributed by atoms with Gasteiger partial charge in [-0.05, 0) is 19.3 Å². The van der Waals surface area contributed by atoms with Gasteiger partial charge in [-0.2, -0.15) is 0 Å². The first-order chi connectivity index (χ1) is 6.96. The Morgan fingerprint density at radius 2 is 2.00 bits per heavy atom. The van der Waals surface area contributed by atoms with Crippen LogP contribution in [0.25, 0.3) is 0 Å². The number of carbonyl (C=O) groups is 1. The first-order valence-electron chi connectivity index (χ1n) is 5.39. The molecule has 1 rings (SSSR count). The van der Waals surface area contributed by atoms with E-state index in [1.165, 1.54) is 0 Å². The van der Waals surface area contributed by atoms with Gasteiger partial charge in [0.1, 0.15) is 15.6 Å². The highest BCUT2D eigenvalue weighted by Crippen LogP contribution is 2.46. The molecule has 0 radical (unpaired) electrons. The molecule has 88 valence electrons. The summed E-state index contributed by atoms with van der Waals surface area (Å²) >= 11 is 0. The molecule has 1 aliphatic carbocycles. The number of rotatable bonds is 7. The zero-order chi connectivity index (χ0) is 11.5. The average Bonchev–Trinajstić information content (AvgIpc) is 2.98. The summed E-state index contributed by atoms with van der Waals surface area (Å²) in [5, 5.41) is 0. The normalized spacial score (nSPS) is 18.8. The predicted octanol–water partition coefficient (Wildman–Crippen LogP) is 0.509. The van der Waals surface area contributed by atoms with Crippen LogP contribution in [-0.4, -0.2) is 32.3 Å². The van der Waals surface area contributed by atoms with Crippen LogP contribution in [0.2, 0.25) is 0 Å². The summed E-state index contributed by atoms with van der Waals surface area (Å²) in [6.45, 7) is 2.03. The van der Waals surface area contributed by atoms with E-state index >= 15 is 0 Å². The Balaban J connectivity index is 2.30. The van der Waals surface area contributed by atoms with Crippen molar-refractivity contribution in [1.82, 2.24) is 0 Å². The molecule has 0 bridgehead atoms. The number of Topliss-reactive ketones (excluding diaryl/α,β-unsaturated/α-hetero) is 1. The Kier molecular flexibility index (Phi) is 3.89. The molecular formula is C10H19NO3S. The standard InChI is InChI=1S/C10H19NO3S/c1-2-15(13,14)7-3-4-9(12)10(8-11)5-6-10/h2-8,11H2,1H3. The maximum Gasteiger partial charge on any atom is 0.150 e. The van der Waals surface area contributed by atoms with Gasteiger partial charge in [0, 0.05) is 24.1 Å². The number of hydrogen-bond donors (Lipinski definition) is 1. The monoisotopic (exact) mass is 233 g/mol. The molecule has 0 heterocycles. The molecule has 1 saturated carbocycles. The molecule has 0 saturated heterocycles. The molecule has 0 spiro atoms. The fourth-order valence-corrected chi connectivity index (χ4v) is 2.48. The molecule has 0 amide bonds. The van der Waals surface area contributed by atoms with Crippen LogP contribution in [0.4, 0.5) is 0 Å². The summed E-state index contributed by atoms with van der Waals surface area (Å²) in [6.07, 6.45) is 2.55. The zero-order valence-corrected chi connectivity index (χ0v) is 9.98. The van der Waals surface area contributed by atoms with Crippen LogP contribution in [0, 0.1) is 5.41 Å². The minimum Gasteiger partial charge on any atom is -0.329 e. The lowest BCUT2D eigenvalue weighted by atomic mass is 9.98. The average molecular weight is 233 g/mol. The number of nitrogens with two attached hydrogens (primary N) is 1. The van der Waals surface area contributed by atoms with E-state index in [0.717, 1.165) is 12.8 Å². The van der Waals surface area contributed by atoms with Crippen LogP contribution >= 0.6 is 0 Å². The van der Waals surface area contributed by atoms with Gasteiger partial charge in [0.25, 0.3) is 0 Å². The molecule has 5 heteroatoms. The van der Waals surface area contributed by atoms with Gasteiger partial charge >= 0.3 is 0 Å². The summed E-state index contributed by atoms with van der Waals surface area (Å²) < 4.78 is 22.4. The van der Waals surface area contributed by atoms with Gasteiger partial charge in [0.15, 0.2) is 0 Å². The van der Waals surface area contributed by atoms with Crippen molar-refractivity contribution in [3.63, 3.8) is 0 Å². The van der Waals surface area contributed by atoms with E-state index in [9.17, 15) is 13.2 Å². The Bertz CT molecular complexity index is 331. The number of ketones is 1. The lowest BCUT2D eigenvalue weighted by molar-refractivity contribution is -0.123. The Morgan fingerprint density at radius 1 is 1.40 bits per heavy atom. The van der Waals surface area contributed by atoms with E-state index in [1.807, 2.05) is 0 Å². The van der Waals surface area contributed by atoms with Crippen LogP contribution in [-0.2, 0) is 14.6 Å². The fourth-order valence-electron chi connectivity index (χ4n) is 1.61. The Labute approximate surface area is 91.1 Å². The first-order valence-corrected chi connectivity index (χ1v) is 7.22. The highest BCUT2D eigenvalue weighted by molar-refractivity contribution is 7.91. The van der Waals surface area contributed by atoms with Gasteiger partial charge < -0.3 is 5.73 Å². The Morgan fingerprint density at radius 3 is 2.40 bits per heavy atom. The topological polar surface area (TPSA) is 77.2 Å². The van der Waals surface area contributed by atoms with Crippen LogP contribution in [0.15, 0.2) is 0 Å². The lowest BCUT2D eigenvalue weighted by Crippen LogP contribution is -2.25. The van der Waals surface area contributed by atoms with Gasteiger partial charge in [0.05, 0.1) is 5.75 Å². The van der Waals surface area contributed by atoms with Crippen molar-refractivity contribution in [2.75, 3.05) is 18.1 Å². The van der Waals surface area contributed by atoms with E-state index in [1.54, 1.807) is 6.92 Å². The van der Waals surface area contributed by atoms with E-state index in [-0.39, 0.29) is 22.7 Å². The summed E-state index contributed by atoms with van der Waals surface area (Å²) in [7, 11) is -2.93. The summed E-state index contributed by atoms with van der Waals surface area (Å²) in [4.78, 5) is 11.7. The fraction of sp³-hybridized carbons (Fsp3) is 0.900. The SMILES string of the molecule is CCS(=O)(=O)CCCC(=O)C1(CN)CC1. The van der Waals surface area contributed by atoms with Gasteiger partial charge in [-0.25, -0.2) is 8.42 Å². The second-order valence-corrected chi connectivity index (χ2v) is 6.72. The van der Waals surface area contributed by atoms with Crippen LogP contribution in [0.3, 0.4) is 0 Å². The molecule has 0 atom stereocenters. The van der Waals surface area contributed by atoms with Crippen molar-refractivity contribution in [1.29, 1.82) is 0 Å². The van der Waals surface area contributed by atoms with Gasteiger partial charge in [-0.15, -0.1) is 0 Å². The molecule has 15 heavy (non-hydrogen) atoms. The predicted molar refractivity (Wildman–Crippen MR) is 59.3 cm³/mol. The van der Waals surface area contributed by atoms with Crippen LogP contribution < -0.4 is 5.73 Å². The summed E-state index contributed by atoms with van der Waals surface area (Å²) in [5.74, 6) is 0.426. The van der Waals surface area contributed by atoms with Crippen LogP contribution in [0.1, 0.15) is 32.6 Å². The molecule has 1 fully saturated rings. The summed E-state index contributed by atoms with van der Waals surface area (Å²) in [5.41, 5.74) is 5.23. The molecule has 4 nitrogen and oxygen atoms in total. The molecular weight excluding hydrogens is 214 g/mol. The molecule has 0 aromatic rings. The number of sulfone groups is 1. The van der Waals surface area contributed by atoms with E-state index in [0.29, 0.717) is 19.4 Å². The zero-order valence-electron chi connectivity index (χ0n) is 9.16. The quantitative estimate of drug-likeness (QED) is 0.695. The van der Waals surface area contributed by atoms with Crippen molar-refractivity contribution < 1.29 is 13.2 Å². The van der Waals surface area contributed by atoms with Gasteiger partial charge in [-0.1, -0.05) is 6.92 Å². The van der Waals surface area contributed by atoms with Crippen molar-refractivity contribution in [3.05, 3.63) is 0 Å². The molecule has 0 aliphatic heterocycles. The maximum absolute atomic E-state index is 11.7. The van der Waals surface area contributed by atoms with E-state index in [4.69, 9.17) is 5.73 Å². The third kappa shape index (κ3) is 3.28. The van der Waals surface area contributed by atoms with Crippen molar-refractivity contribution in [2.45, 2.75) is 32.6 Å². The second-order valence-electron chi connectivity index (χ2n) is 4.25. The molecule has 0 unspecified atom stereocenters. The second kappa shape index (κ2) is 4.61. The maximum atomic E-state index is 11.7. The highest BCUT2D eigenvalue weighted by atomic mass is 32.2. The summed E-state index contributed by atoms with van der Waals surface area (Å²) in [6, 6.07) is 0. The van der Waals surface area contributed by atoms with Crippen molar-refractivity contribution >= 4 is 15.6 Å². The smallest absolute Gasteiger partial charge is 0.150 e. The Hall–Kier alpha value is -0.420. The van der Waals surface area contributed by atoms with Crippen molar-refractivity contribution in [2.24, 2.45) is 11.1 Å². The van der Waals surface area contributed by atoms with Crippen molar-refractivity contribution in [3.8, 4) is 0 Å². The van der Waals surface area contributed by atoms with E-state index in [2.05, 4.69) is 0 Å². The third-order valence-electron chi connectivity index (χ3n) is 3.13. The van der Waals surface area contributed by atoms with Gasteiger partial charge in [-0.3, -0.25) is 4.79 Å². The number of hydrogen-bond acceptors (Lipinski definition) is 4. The third-order valence-corrected chi connectivity index (χ3v) is 4.93. The highest BCUT2D eigenvalue weighted by Gasteiger charge is 2.47. The number of carbonyl (C=O) groups excluding carboxylic acids is 1.